The van der Waals surface area contributed by atoms with E-state index < -0.39 is 86.7 Å². The highest BCUT2D eigenvalue weighted by molar-refractivity contribution is 5.69. The van der Waals surface area contributed by atoms with Crippen molar-refractivity contribution in [3.63, 3.8) is 0 Å². The molecule has 7 N–H and O–H groups in total. The predicted octanol–water partition coefficient (Wildman–Crippen LogP) is 6.34. The Labute approximate surface area is 383 Å². The Hall–Kier alpha value is -2.57. The number of hydrogen-bond acceptors (Lipinski definition) is 14. The molecule has 2 saturated heterocycles. The normalized spacial score (nSPS) is 27.4. The molecule has 11 unspecified atom stereocenters. The lowest BCUT2D eigenvalue weighted by Crippen LogP contribution is -2.61. The van der Waals surface area contributed by atoms with Gasteiger partial charge in [-0.05, 0) is 57.8 Å². The maximum absolute atomic E-state index is 12.9. The van der Waals surface area contributed by atoms with E-state index >= 15 is 0 Å². The van der Waals surface area contributed by atoms with Crippen LogP contribution in [0.3, 0.4) is 0 Å². The summed E-state index contributed by atoms with van der Waals surface area (Å²) in [7, 11) is 0. The first-order valence-corrected chi connectivity index (χ1v) is 24.0. The zero-order chi connectivity index (χ0) is 46.6. The lowest BCUT2D eigenvalue weighted by molar-refractivity contribution is -0.332. The molecule has 2 rings (SSSR count). The highest BCUT2D eigenvalue weighted by Gasteiger charge is 2.47. The largest absolute Gasteiger partial charge is 0.457 e. The van der Waals surface area contributed by atoms with Gasteiger partial charge in [0.1, 0.15) is 54.9 Å². The van der Waals surface area contributed by atoms with Crippen molar-refractivity contribution >= 4 is 5.97 Å². The quantitative estimate of drug-likeness (QED) is 0.0208. The van der Waals surface area contributed by atoms with Gasteiger partial charge < -0.3 is 64.2 Å². The van der Waals surface area contributed by atoms with Crippen molar-refractivity contribution in [3.8, 4) is 0 Å². The summed E-state index contributed by atoms with van der Waals surface area (Å²) in [6.07, 6.45) is 28.4. The predicted molar refractivity (Wildman–Crippen MR) is 247 cm³/mol. The Balaban J connectivity index is 1.81. The Morgan fingerprint density at radius 1 is 0.531 bits per heavy atom. The molecule has 0 radical (unpaired) electrons. The van der Waals surface area contributed by atoms with Crippen molar-refractivity contribution in [1.82, 2.24) is 0 Å². The molecule has 14 nitrogen and oxygen atoms in total. The van der Waals surface area contributed by atoms with Crippen LogP contribution in [-0.2, 0) is 33.2 Å². The maximum Gasteiger partial charge on any atom is 0.306 e. The van der Waals surface area contributed by atoms with Gasteiger partial charge in [0.25, 0.3) is 0 Å². The van der Waals surface area contributed by atoms with Gasteiger partial charge in [-0.3, -0.25) is 4.79 Å². The molecule has 11 atom stereocenters. The lowest BCUT2D eigenvalue weighted by Gasteiger charge is -2.42. The third-order valence-corrected chi connectivity index (χ3v) is 11.0. The minimum Gasteiger partial charge on any atom is -0.457 e. The summed E-state index contributed by atoms with van der Waals surface area (Å²) < 4.78 is 34.1. The molecule has 0 aromatic rings. The summed E-state index contributed by atoms with van der Waals surface area (Å²) in [4.78, 5) is 12.9. The van der Waals surface area contributed by atoms with E-state index in [1.165, 1.54) is 38.5 Å². The van der Waals surface area contributed by atoms with Crippen molar-refractivity contribution in [1.29, 1.82) is 0 Å². The molecule has 14 heteroatoms. The van der Waals surface area contributed by atoms with Crippen molar-refractivity contribution in [2.24, 2.45) is 0 Å². The Morgan fingerprint density at radius 3 is 1.53 bits per heavy atom. The summed E-state index contributed by atoms with van der Waals surface area (Å²) in [6, 6.07) is 0. The fraction of sp³-hybridized carbons (Fsp3) is 0.740. The molecule has 0 bridgehead atoms. The Bertz CT molecular complexity index is 1330. The first kappa shape index (κ1) is 57.6. The average Bonchev–Trinajstić information content (AvgIpc) is 3.29. The van der Waals surface area contributed by atoms with Gasteiger partial charge in [0.15, 0.2) is 12.6 Å². The molecule has 0 amide bonds. The highest BCUT2D eigenvalue weighted by atomic mass is 16.7. The number of unbranched alkanes of at least 4 members (excludes halogenated alkanes) is 10. The molecule has 2 fully saturated rings. The molecular weight excluding hydrogens is 825 g/mol. The average molecular weight is 909 g/mol. The molecule has 0 aromatic carbocycles. The van der Waals surface area contributed by atoms with Gasteiger partial charge in [-0.1, -0.05) is 145 Å². The topological polar surface area (TPSA) is 214 Å². The van der Waals surface area contributed by atoms with Crippen LogP contribution in [0.5, 0.6) is 0 Å². The van der Waals surface area contributed by atoms with Gasteiger partial charge >= 0.3 is 5.97 Å². The fourth-order valence-electron chi connectivity index (χ4n) is 7.06. The van der Waals surface area contributed by atoms with Crippen LogP contribution in [0.15, 0.2) is 72.9 Å². The zero-order valence-electron chi connectivity index (χ0n) is 38.7. The van der Waals surface area contributed by atoms with Crippen LogP contribution in [0.1, 0.15) is 136 Å². The first-order chi connectivity index (χ1) is 31.1. The number of carbonyl (C=O) groups is 1. The molecule has 0 aromatic heterocycles. The number of rotatable bonds is 36. The second-order valence-electron chi connectivity index (χ2n) is 16.6. The van der Waals surface area contributed by atoms with Crippen LogP contribution >= 0.6 is 0 Å². The van der Waals surface area contributed by atoms with E-state index in [0.717, 1.165) is 70.6 Å². The third-order valence-electron chi connectivity index (χ3n) is 11.0. The number of allylic oxidation sites excluding steroid dienone is 12. The number of aliphatic hydroxyl groups is 7. The van der Waals surface area contributed by atoms with Crippen molar-refractivity contribution in [2.75, 3.05) is 33.0 Å². The molecule has 2 aliphatic rings. The standard InChI is InChI=1S/C50H84O14/c1-3-5-7-9-11-13-15-16-17-18-19-20-21-22-23-24-26-28-30-32-34-59-36-39(62-42(52)33-31-29-27-25-14-12-10-8-6-4-2)37-60-49-48(58)46(56)44(54)41(64-49)38-61-50-47(57)45(55)43(53)40(35-51)63-50/h5,7,11,13,16-17,19-20,22-23,26,28,39-41,43-51,53-58H,3-4,6,8-10,12,14-15,18,21,24-25,27,29-38H2,1-2H3/b7-5-,13-11-,17-16-,20-19-,23-22-,28-26-. The minimum atomic E-state index is -1.72. The van der Waals surface area contributed by atoms with Crippen LogP contribution < -0.4 is 0 Å². The highest BCUT2D eigenvalue weighted by Crippen LogP contribution is 2.26. The molecular formula is C50H84O14. The molecule has 64 heavy (non-hydrogen) atoms. The zero-order valence-corrected chi connectivity index (χ0v) is 38.7. The molecule has 0 spiro atoms. The van der Waals surface area contributed by atoms with E-state index in [2.05, 4.69) is 86.8 Å². The van der Waals surface area contributed by atoms with Gasteiger partial charge in [0.2, 0.25) is 0 Å². The summed E-state index contributed by atoms with van der Waals surface area (Å²) >= 11 is 0. The van der Waals surface area contributed by atoms with Gasteiger partial charge in [-0.2, -0.15) is 0 Å². The Morgan fingerprint density at radius 2 is 1.00 bits per heavy atom. The SMILES string of the molecule is CC/C=C\C/C=C\C/C=C\C/C=C\C/C=C\C/C=C\CCCOCC(COC1OC(COC2OC(CO)C(O)C(O)C2O)C(O)C(O)C1O)OC(=O)CCCCCCCCCCCC. The summed E-state index contributed by atoms with van der Waals surface area (Å²) in [5.41, 5.74) is 0. The molecule has 0 saturated carbocycles. The van der Waals surface area contributed by atoms with E-state index in [4.69, 9.17) is 28.4 Å². The number of hydrogen-bond donors (Lipinski definition) is 7. The van der Waals surface area contributed by atoms with Gasteiger partial charge in [0, 0.05) is 13.0 Å². The van der Waals surface area contributed by atoms with E-state index in [-0.39, 0.29) is 19.6 Å². The number of esters is 1. The Kier molecular flexibility index (Phi) is 33.7. The molecule has 2 aliphatic heterocycles. The smallest absolute Gasteiger partial charge is 0.306 e. The lowest BCUT2D eigenvalue weighted by atomic mass is 9.98. The summed E-state index contributed by atoms with van der Waals surface area (Å²) in [5, 5.41) is 71.9. The number of carbonyl (C=O) groups excluding carboxylic acids is 1. The third kappa shape index (κ3) is 25.4. The van der Waals surface area contributed by atoms with Crippen LogP contribution in [0.2, 0.25) is 0 Å². The maximum atomic E-state index is 12.9. The minimum absolute atomic E-state index is 0.0190. The first-order valence-electron chi connectivity index (χ1n) is 24.0. The summed E-state index contributed by atoms with van der Waals surface area (Å²) in [5.74, 6) is -0.402. The van der Waals surface area contributed by atoms with Crippen molar-refractivity contribution in [3.05, 3.63) is 72.9 Å². The fourth-order valence-corrected chi connectivity index (χ4v) is 7.06. The monoisotopic (exact) mass is 909 g/mol. The van der Waals surface area contributed by atoms with Gasteiger partial charge in [-0.25, -0.2) is 0 Å². The molecule has 368 valence electrons. The molecule has 2 heterocycles. The van der Waals surface area contributed by atoms with Crippen LogP contribution in [0.4, 0.5) is 0 Å². The van der Waals surface area contributed by atoms with E-state index in [1.807, 2.05) is 0 Å². The van der Waals surface area contributed by atoms with E-state index in [1.54, 1.807) is 0 Å². The van der Waals surface area contributed by atoms with Crippen LogP contribution in [-0.4, -0.2) is 142 Å². The second kappa shape index (κ2) is 37.5. The van der Waals surface area contributed by atoms with E-state index in [0.29, 0.717) is 13.0 Å². The summed E-state index contributed by atoms with van der Waals surface area (Å²) in [6.45, 7) is 3.37. The molecule has 0 aliphatic carbocycles. The van der Waals surface area contributed by atoms with Crippen LogP contribution in [0.25, 0.3) is 0 Å². The van der Waals surface area contributed by atoms with E-state index in [9.17, 15) is 40.5 Å². The van der Waals surface area contributed by atoms with Crippen molar-refractivity contribution < 1.29 is 69.0 Å². The number of aliphatic hydroxyl groups excluding tert-OH is 7. The van der Waals surface area contributed by atoms with Crippen LogP contribution in [0, 0.1) is 0 Å². The second-order valence-corrected chi connectivity index (χ2v) is 16.6. The van der Waals surface area contributed by atoms with Gasteiger partial charge in [-0.15, -0.1) is 0 Å². The van der Waals surface area contributed by atoms with Crippen molar-refractivity contribution in [2.45, 2.75) is 203 Å². The number of ether oxygens (including phenoxy) is 6. The van der Waals surface area contributed by atoms with Gasteiger partial charge in [0.05, 0.1) is 26.4 Å².